The fourth-order valence-electron chi connectivity index (χ4n) is 4.90. The molecule has 3 heterocycles. The Morgan fingerprint density at radius 3 is 2.08 bits per heavy atom. The number of hydrogen-bond acceptors (Lipinski definition) is 13. The average molecular weight is 742 g/mol. The lowest BCUT2D eigenvalue weighted by atomic mass is 9.82. The third kappa shape index (κ3) is 10.2. The molecule has 1 saturated heterocycles. The van der Waals surface area contributed by atoms with Crippen molar-refractivity contribution in [2.24, 2.45) is 5.41 Å². The van der Waals surface area contributed by atoms with Gasteiger partial charge in [-0.25, -0.2) is 19.5 Å². The highest BCUT2D eigenvalue weighted by molar-refractivity contribution is 7.56. The molecule has 3 rings (SSSR count). The zero-order chi connectivity index (χ0) is 36.2. The van der Waals surface area contributed by atoms with E-state index >= 15 is 4.39 Å². The predicted octanol–water partition coefficient (Wildman–Crippen LogP) is 4.69. The van der Waals surface area contributed by atoms with Gasteiger partial charge in [-0.3, -0.25) is 23.3 Å². The van der Waals surface area contributed by atoms with E-state index in [0.29, 0.717) is 17.9 Å². The van der Waals surface area contributed by atoms with Crippen LogP contribution in [0.15, 0.2) is 6.33 Å². The Balaban J connectivity index is 1.90. The molecule has 272 valence electrons. The van der Waals surface area contributed by atoms with Gasteiger partial charge in [-0.05, 0) is 60.1 Å². The van der Waals surface area contributed by atoms with E-state index in [4.69, 9.17) is 34.9 Å². The molecule has 20 heteroatoms. The van der Waals surface area contributed by atoms with Crippen molar-refractivity contribution in [2.75, 3.05) is 38.4 Å². The minimum Gasteiger partial charge on any atom is -0.462 e. The van der Waals surface area contributed by atoms with E-state index in [1.165, 1.54) is 45.0 Å². The number of fused-ring (bicyclic) bond motifs is 1. The molecule has 0 amide bonds. The maximum absolute atomic E-state index is 16.8. The lowest BCUT2D eigenvalue weighted by Crippen LogP contribution is -2.43. The summed E-state index contributed by atoms with van der Waals surface area (Å²) in [6, 6.07) is -1.96. The second kappa shape index (κ2) is 16.2. The number of nitrogens with one attached hydrogen (secondary N) is 3. The third-order valence-electron chi connectivity index (χ3n) is 7.29. The average Bonchev–Trinajstić information content (AvgIpc) is 3.48. The number of halogens is 2. The number of carbonyl (C=O) groups excluding carboxylic acids is 2. The van der Waals surface area contributed by atoms with E-state index in [1.54, 1.807) is 27.7 Å². The molecule has 3 N–H and O–H groups in total. The Labute approximate surface area is 284 Å². The number of esters is 2. The largest absolute Gasteiger partial charge is 0.462 e. The normalized spacial score (nSPS) is 25.1. The third-order valence-corrected chi connectivity index (χ3v) is 10.4. The molecule has 8 atom stereocenters. The smallest absolute Gasteiger partial charge is 0.323 e. The first-order valence-corrected chi connectivity index (χ1v) is 20.1. The van der Waals surface area contributed by atoms with Crippen molar-refractivity contribution in [3.8, 4) is 0 Å². The molecule has 0 saturated carbocycles. The van der Waals surface area contributed by atoms with Crippen molar-refractivity contribution in [2.45, 2.75) is 98.2 Å². The summed E-state index contributed by atoms with van der Waals surface area (Å²) in [4.78, 5) is 37.4. The molecule has 0 aliphatic carbocycles. The number of aromatic nitrogens is 4. The van der Waals surface area contributed by atoms with Gasteiger partial charge < -0.3 is 28.6 Å². The second-order valence-electron chi connectivity index (χ2n) is 12.6. The topological polar surface area (TPSA) is 194 Å². The molecule has 1 fully saturated rings. The van der Waals surface area contributed by atoms with Crippen molar-refractivity contribution < 1.29 is 46.4 Å². The molecule has 16 nitrogen and oxygen atoms in total. The van der Waals surface area contributed by atoms with Crippen LogP contribution in [0.2, 0.25) is 5.28 Å². The van der Waals surface area contributed by atoms with E-state index in [-0.39, 0.29) is 23.1 Å². The SMILES string of the molecule is CCNc1nc(Cl)nc2c1ncn2[C@@H]1O[C@H](COP(C)(=O)N[C@@H](C)C(=O)OC(C)C)[C@](C)(COP(C)(=O)N[C@@H](C)C(=O)OC(C)C)C1F. The molecule has 1 aliphatic rings. The van der Waals surface area contributed by atoms with E-state index in [9.17, 15) is 18.7 Å². The summed E-state index contributed by atoms with van der Waals surface area (Å²) in [6.07, 6.45) is -3.79. The van der Waals surface area contributed by atoms with Crippen molar-refractivity contribution >= 4 is 55.6 Å². The molecule has 2 aromatic rings. The van der Waals surface area contributed by atoms with Crippen molar-refractivity contribution in [3.63, 3.8) is 0 Å². The van der Waals surface area contributed by atoms with Crippen molar-refractivity contribution in [3.05, 3.63) is 11.6 Å². The summed E-state index contributed by atoms with van der Waals surface area (Å²) in [5.74, 6) is -0.919. The number of carbonyl (C=O) groups is 2. The Bertz CT molecular complexity index is 1550. The Hall–Kier alpha value is -2.23. The molecule has 0 spiro atoms. The van der Waals surface area contributed by atoms with Crippen LogP contribution in [0, 0.1) is 5.41 Å². The van der Waals surface area contributed by atoms with Crippen LogP contribution in [-0.2, 0) is 42.0 Å². The number of alkyl halides is 1. The van der Waals surface area contributed by atoms with E-state index < -0.39 is 76.2 Å². The van der Waals surface area contributed by atoms with Gasteiger partial charge in [-0.15, -0.1) is 0 Å². The number of rotatable bonds is 17. The van der Waals surface area contributed by atoms with Gasteiger partial charge in [-0.1, -0.05) is 6.92 Å². The highest BCUT2D eigenvalue weighted by Crippen LogP contribution is 2.51. The Morgan fingerprint density at radius 1 is 1.02 bits per heavy atom. The maximum atomic E-state index is 16.8. The first-order chi connectivity index (χ1) is 22.2. The number of ether oxygens (including phenoxy) is 3. The van der Waals surface area contributed by atoms with Crippen LogP contribution in [0.4, 0.5) is 10.2 Å². The predicted molar refractivity (Wildman–Crippen MR) is 178 cm³/mol. The lowest BCUT2D eigenvalue weighted by molar-refractivity contribution is -0.149. The zero-order valence-electron chi connectivity index (χ0n) is 28.9. The fraction of sp³-hybridized carbons (Fsp3) is 0.750. The standard InChI is InChI=1S/C28H47ClFN7O9P2/c1-11-31-22-20-23(34-27(29)33-22)37(14-32-20)24-21(30)28(8,13-43-48(10,41)36-18(7)26(39)45-16(4)5)19(46-24)12-42-47(9,40)35-17(6)25(38)44-15(2)3/h14-19,21,24H,11-13H2,1-10H3,(H,35,40)(H,36,41)(H,31,33,34)/t17-,18-,19+,21?,24+,28-,47?,48?/m0/s1. The highest BCUT2D eigenvalue weighted by Gasteiger charge is 2.56. The first kappa shape index (κ1) is 40.2. The Morgan fingerprint density at radius 2 is 1.56 bits per heavy atom. The molecule has 0 radical (unpaired) electrons. The number of hydrogen-bond donors (Lipinski definition) is 3. The Kier molecular flexibility index (Phi) is 13.6. The minimum atomic E-state index is -3.72. The van der Waals surface area contributed by atoms with Crippen LogP contribution in [0.5, 0.6) is 0 Å². The first-order valence-electron chi connectivity index (χ1n) is 15.5. The maximum Gasteiger partial charge on any atom is 0.323 e. The number of nitrogens with zero attached hydrogens (tertiary/aromatic N) is 4. The van der Waals surface area contributed by atoms with Crippen LogP contribution in [0.25, 0.3) is 11.2 Å². The van der Waals surface area contributed by atoms with Crippen molar-refractivity contribution in [1.82, 2.24) is 29.7 Å². The summed E-state index contributed by atoms with van der Waals surface area (Å²) < 4.78 is 73.0. The quantitative estimate of drug-likeness (QED) is 0.115. The molecule has 48 heavy (non-hydrogen) atoms. The fourth-order valence-corrected chi connectivity index (χ4v) is 7.77. The molecular formula is C28H47ClFN7O9P2. The number of anilines is 1. The van der Waals surface area contributed by atoms with Crippen molar-refractivity contribution in [1.29, 1.82) is 0 Å². The van der Waals surface area contributed by atoms with Crippen LogP contribution >= 0.6 is 26.6 Å². The van der Waals surface area contributed by atoms with E-state index in [0.717, 1.165) is 0 Å². The summed E-state index contributed by atoms with van der Waals surface area (Å²) in [7, 11) is -7.41. The molecular weight excluding hydrogens is 695 g/mol. The summed E-state index contributed by atoms with van der Waals surface area (Å²) in [6.45, 7) is 15.2. The van der Waals surface area contributed by atoms with Gasteiger partial charge >= 0.3 is 11.9 Å². The molecule has 0 aromatic carbocycles. The number of imidazole rings is 1. The summed E-state index contributed by atoms with van der Waals surface area (Å²) >= 11 is 6.18. The second-order valence-corrected chi connectivity index (χ2v) is 17.3. The van der Waals surface area contributed by atoms with Gasteiger partial charge in [0.1, 0.15) is 12.1 Å². The van der Waals surface area contributed by atoms with Gasteiger partial charge in [0.25, 0.3) is 15.0 Å². The van der Waals surface area contributed by atoms with Crippen LogP contribution in [0.1, 0.15) is 61.6 Å². The molecule has 1 aliphatic heterocycles. The van der Waals surface area contributed by atoms with Crippen LogP contribution < -0.4 is 15.5 Å². The van der Waals surface area contributed by atoms with Gasteiger partial charge in [0.05, 0.1) is 43.3 Å². The van der Waals surface area contributed by atoms with E-state index in [1.807, 2.05) is 6.92 Å². The van der Waals surface area contributed by atoms with Gasteiger partial charge in [-0.2, -0.15) is 9.97 Å². The summed E-state index contributed by atoms with van der Waals surface area (Å²) in [5.41, 5.74) is -1.06. The highest BCUT2D eigenvalue weighted by atomic mass is 35.5. The molecule has 0 bridgehead atoms. The monoisotopic (exact) mass is 741 g/mol. The zero-order valence-corrected chi connectivity index (χ0v) is 31.4. The van der Waals surface area contributed by atoms with Crippen LogP contribution in [-0.4, -0.2) is 101 Å². The minimum absolute atomic E-state index is 0.106. The molecule has 2 aromatic heterocycles. The van der Waals surface area contributed by atoms with Gasteiger partial charge in [0.2, 0.25) is 5.28 Å². The van der Waals surface area contributed by atoms with E-state index in [2.05, 4.69) is 30.4 Å². The van der Waals surface area contributed by atoms with Crippen LogP contribution in [0.3, 0.4) is 0 Å². The van der Waals surface area contributed by atoms with Gasteiger partial charge in [0, 0.05) is 19.9 Å². The lowest BCUT2D eigenvalue weighted by Gasteiger charge is -2.33. The molecule has 3 unspecified atom stereocenters. The summed E-state index contributed by atoms with van der Waals surface area (Å²) in [5, 5.41) is 8.21. The van der Waals surface area contributed by atoms with Gasteiger partial charge in [0.15, 0.2) is 29.4 Å².